The summed E-state index contributed by atoms with van der Waals surface area (Å²) in [5.41, 5.74) is 4.10. The number of rotatable bonds is 10. The number of hydrogen-bond acceptors (Lipinski definition) is 4. The average Bonchev–Trinajstić information content (AvgIpc) is 2.76. The van der Waals surface area contributed by atoms with E-state index in [-0.39, 0.29) is 29.6 Å². The van der Waals surface area contributed by atoms with Gasteiger partial charge in [-0.1, -0.05) is 43.1 Å². The van der Waals surface area contributed by atoms with Crippen LogP contribution in [0.2, 0.25) is 5.02 Å². The highest BCUT2D eigenvalue weighted by Gasteiger charge is 2.47. The summed E-state index contributed by atoms with van der Waals surface area (Å²) < 4.78 is 32.5. The Bertz CT molecular complexity index is 1020. The molecule has 33 heavy (non-hydrogen) atoms. The van der Waals surface area contributed by atoms with Crippen molar-refractivity contribution in [3.8, 4) is 5.75 Å². The zero-order valence-electron chi connectivity index (χ0n) is 19.1. The first-order chi connectivity index (χ1) is 15.4. The zero-order chi connectivity index (χ0) is 22.6. The molecule has 2 aliphatic rings. The Morgan fingerprint density at radius 3 is 2.61 bits per heavy atom. The first kappa shape index (κ1) is 26.3. The Hall–Kier alpha value is -1.31. The molecule has 182 valence electrons. The van der Waals surface area contributed by atoms with Crippen molar-refractivity contribution in [1.29, 1.82) is 0 Å². The van der Waals surface area contributed by atoms with Gasteiger partial charge >= 0.3 is 0 Å². The number of hydrogen-bond donors (Lipinski definition) is 2. The number of benzene rings is 2. The van der Waals surface area contributed by atoms with Crippen molar-refractivity contribution in [2.45, 2.75) is 56.9 Å². The molecule has 2 aromatic carbocycles. The molecular weight excluding hydrogens is 479 g/mol. The second-order valence-corrected chi connectivity index (χ2v) is 11.3. The van der Waals surface area contributed by atoms with Crippen molar-refractivity contribution in [3.63, 3.8) is 0 Å². The molecule has 2 N–H and O–H groups in total. The molecule has 1 saturated carbocycles. The zero-order valence-corrected chi connectivity index (χ0v) is 21.5. The average molecular weight is 514 g/mol. The van der Waals surface area contributed by atoms with Gasteiger partial charge in [-0.15, -0.1) is 12.4 Å². The second kappa shape index (κ2) is 11.4. The van der Waals surface area contributed by atoms with Crippen molar-refractivity contribution < 1.29 is 13.2 Å². The standard InChI is InChI=1S/C25H33ClN2O3S.ClH/c1-2-14-28-32(29,30)17-4-16-31-22-10-5-19-11-15-27-24(23(19)18-22)25(12-3-13-25)20-6-8-21(26)9-7-20;/h5-10,18,24,27-28H,2-4,11-17H2,1H3;1H. The summed E-state index contributed by atoms with van der Waals surface area (Å²) in [4.78, 5) is 0. The molecule has 0 aromatic heterocycles. The van der Waals surface area contributed by atoms with Crippen LogP contribution in [0.1, 0.15) is 61.8 Å². The number of fused-ring (bicyclic) bond motifs is 1. The Kier molecular flexibility index (Phi) is 9.09. The van der Waals surface area contributed by atoms with Gasteiger partial charge in [0.15, 0.2) is 0 Å². The third-order valence-corrected chi connectivity index (χ3v) is 8.51. The Morgan fingerprint density at radius 2 is 1.94 bits per heavy atom. The van der Waals surface area contributed by atoms with E-state index in [0.29, 0.717) is 19.6 Å². The highest BCUT2D eigenvalue weighted by Crippen LogP contribution is 2.53. The minimum Gasteiger partial charge on any atom is -0.494 e. The summed E-state index contributed by atoms with van der Waals surface area (Å²) in [6, 6.07) is 14.9. The van der Waals surface area contributed by atoms with E-state index in [2.05, 4.69) is 34.3 Å². The number of halogens is 2. The van der Waals surface area contributed by atoms with Crippen LogP contribution in [0.3, 0.4) is 0 Å². The lowest BCUT2D eigenvalue weighted by Gasteiger charge is -2.50. The second-order valence-electron chi connectivity index (χ2n) is 8.93. The summed E-state index contributed by atoms with van der Waals surface area (Å²) in [7, 11) is -3.22. The van der Waals surface area contributed by atoms with Crippen LogP contribution < -0.4 is 14.8 Å². The van der Waals surface area contributed by atoms with Crippen molar-refractivity contribution >= 4 is 34.0 Å². The lowest BCUT2D eigenvalue weighted by atomic mass is 9.58. The van der Waals surface area contributed by atoms with Gasteiger partial charge in [0.1, 0.15) is 5.75 Å². The van der Waals surface area contributed by atoms with Gasteiger partial charge in [0.05, 0.1) is 12.4 Å². The fourth-order valence-corrected chi connectivity index (χ4v) is 6.25. The third-order valence-electron chi connectivity index (χ3n) is 6.79. The predicted octanol–water partition coefficient (Wildman–Crippen LogP) is 5.17. The molecule has 0 radical (unpaired) electrons. The van der Waals surface area contributed by atoms with Gasteiger partial charge in [-0.3, -0.25) is 0 Å². The molecular formula is C25H34Cl2N2O3S. The summed E-state index contributed by atoms with van der Waals surface area (Å²) in [5, 5.41) is 4.56. The summed E-state index contributed by atoms with van der Waals surface area (Å²) in [6.07, 6.45) is 5.79. The monoisotopic (exact) mass is 512 g/mol. The van der Waals surface area contributed by atoms with Crippen LogP contribution in [0.15, 0.2) is 42.5 Å². The summed E-state index contributed by atoms with van der Waals surface area (Å²) in [5.74, 6) is 0.892. The first-order valence-electron chi connectivity index (χ1n) is 11.7. The van der Waals surface area contributed by atoms with Crippen LogP contribution >= 0.6 is 24.0 Å². The minimum absolute atomic E-state index is 0. The minimum atomic E-state index is -3.22. The van der Waals surface area contributed by atoms with E-state index >= 15 is 0 Å². The summed E-state index contributed by atoms with van der Waals surface area (Å²) >= 11 is 6.15. The quantitative estimate of drug-likeness (QED) is 0.431. The lowest BCUT2D eigenvalue weighted by molar-refractivity contribution is 0.164. The predicted molar refractivity (Wildman–Crippen MR) is 137 cm³/mol. The van der Waals surface area contributed by atoms with Gasteiger partial charge in [0.25, 0.3) is 0 Å². The molecule has 0 saturated heterocycles. The normalized spacial score (nSPS) is 19.2. The van der Waals surface area contributed by atoms with Crippen LogP contribution in [0.4, 0.5) is 0 Å². The maximum absolute atomic E-state index is 12.0. The van der Waals surface area contributed by atoms with Crippen LogP contribution in [0.5, 0.6) is 5.75 Å². The van der Waals surface area contributed by atoms with E-state index in [1.165, 1.54) is 23.1 Å². The van der Waals surface area contributed by atoms with Crippen molar-refractivity contribution in [3.05, 3.63) is 64.2 Å². The molecule has 1 unspecified atom stereocenters. The molecule has 8 heteroatoms. The lowest BCUT2D eigenvalue weighted by Crippen LogP contribution is -2.49. The van der Waals surface area contributed by atoms with E-state index in [1.54, 1.807) is 0 Å². The number of nitrogens with one attached hydrogen (secondary N) is 2. The van der Waals surface area contributed by atoms with E-state index in [9.17, 15) is 8.42 Å². The molecule has 2 aromatic rings. The molecule has 1 heterocycles. The Balaban J connectivity index is 0.00000306. The molecule has 0 amide bonds. The van der Waals surface area contributed by atoms with E-state index in [0.717, 1.165) is 43.0 Å². The number of sulfonamides is 1. The van der Waals surface area contributed by atoms with Gasteiger partial charge in [-0.25, -0.2) is 13.1 Å². The Morgan fingerprint density at radius 1 is 1.18 bits per heavy atom. The topological polar surface area (TPSA) is 67.4 Å². The van der Waals surface area contributed by atoms with Crippen molar-refractivity contribution in [2.75, 3.05) is 25.4 Å². The molecule has 1 atom stereocenters. The number of ether oxygens (including phenoxy) is 1. The molecule has 0 bridgehead atoms. The highest BCUT2D eigenvalue weighted by atomic mass is 35.5. The largest absolute Gasteiger partial charge is 0.494 e. The molecule has 1 fully saturated rings. The van der Waals surface area contributed by atoms with Gasteiger partial charge in [-0.05, 0) is 79.6 Å². The van der Waals surface area contributed by atoms with Gasteiger partial charge in [0, 0.05) is 23.0 Å². The molecule has 1 aliphatic carbocycles. The van der Waals surface area contributed by atoms with Gasteiger partial charge in [0.2, 0.25) is 10.0 Å². The van der Waals surface area contributed by atoms with Crippen molar-refractivity contribution in [2.24, 2.45) is 0 Å². The molecule has 0 spiro atoms. The molecule has 4 rings (SSSR count). The van der Waals surface area contributed by atoms with Crippen LogP contribution in [0, 0.1) is 0 Å². The Labute approximate surface area is 209 Å². The van der Waals surface area contributed by atoms with Crippen molar-refractivity contribution in [1.82, 2.24) is 10.0 Å². The fraction of sp³-hybridized carbons (Fsp3) is 0.520. The van der Waals surface area contributed by atoms with Crippen LogP contribution in [-0.2, 0) is 21.9 Å². The SMILES string of the molecule is CCCNS(=O)(=O)CCCOc1ccc2c(c1)C(C1(c3ccc(Cl)cc3)CCC1)NCC2.Cl. The first-order valence-corrected chi connectivity index (χ1v) is 13.7. The maximum atomic E-state index is 12.0. The fourth-order valence-electron chi connectivity index (χ4n) is 4.97. The van der Waals surface area contributed by atoms with Gasteiger partial charge < -0.3 is 10.1 Å². The smallest absolute Gasteiger partial charge is 0.211 e. The summed E-state index contributed by atoms with van der Waals surface area (Å²) in [6.45, 7) is 3.78. The van der Waals surface area contributed by atoms with E-state index in [1.807, 2.05) is 25.1 Å². The van der Waals surface area contributed by atoms with Crippen LogP contribution in [-0.4, -0.2) is 33.9 Å². The third kappa shape index (κ3) is 6.04. The molecule has 5 nitrogen and oxygen atoms in total. The van der Waals surface area contributed by atoms with Gasteiger partial charge in [-0.2, -0.15) is 0 Å². The van der Waals surface area contributed by atoms with E-state index < -0.39 is 10.0 Å². The maximum Gasteiger partial charge on any atom is 0.211 e. The van der Waals surface area contributed by atoms with E-state index in [4.69, 9.17) is 16.3 Å². The highest BCUT2D eigenvalue weighted by molar-refractivity contribution is 7.89. The molecule has 1 aliphatic heterocycles. The van der Waals surface area contributed by atoms with Crippen LogP contribution in [0.25, 0.3) is 0 Å².